The summed E-state index contributed by atoms with van der Waals surface area (Å²) in [5, 5.41) is 4.62. The Bertz CT molecular complexity index is 1480. The molecule has 0 saturated heterocycles. The van der Waals surface area contributed by atoms with Gasteiger partial charge in [-0.05, 0) is 49.8 Å². The third-order valence-corrected chi connectivity index (χ3v) is 9.71. The van der Waals surface area contributed by atoms with Crippen molar-refractivity contribution in [1.82, 2.24) is 10.2 Å². The van der Waals surface area contributed by atoms with E-state index in [0.717, 1.165) is 37.5 Å². The molecular formula is C30H34FN3O4S. The predicted molar refractivity (Wildman–Crippen MR) is 149 cm³/mol. The second-order valence-electron chi connectivity index (χ2n) is 10.4. The second kappa shape index (κ2) is 11.3. The van der Waals surface area contributed by atoms with Crippen LogP contribution in [0.4, 0.5) is 10.1 Å². The van der Waals surface area contributed by atoms with Gasteiger partial charge in [0.2, 0.25) is 11.8 Å². The number of carbonyl (C=O) groups is 2. The molecule has 1 fully saturated rings. The third-order valence-electron chi connectivity index (χ3n) is 7.85. The number of nitrogens with zero attached hydrogens (tertiary/aromatic N) is 2. The standard InChI is InChI=1S/C30H34FN3O4S/c1-21(30(36)32-24-13-3-2-4-14-24)33(20-23-10-5-6-15-25(23)31)28(35)18-9-19-34-26-16-7-11-22-12-8-17-27(29(22)26)39(34,37)38/h5-8,10-12,15-17,21,24H,2-4,9,13-14,18-20H2,1H3,(H,32,36)/t21-/m0/s1. The van der Waals surface area contributed by atoms with Crippen molar-refractivity contribution in [3.05, 3.63) is 72.0 Å². The lowest BCUT2D eigenvalue weighted by Crippen LogP contribution is -2.50. The number of anilines is 1. The van der Waals surface area contributed by atoms with Crippen LogP contribution in [0.3, 0.4) is 0 Å². The fourth-order valence-corrected chi connectivity index (χ4v) is 7.43. The van der Waals surface area contributed by atoms with Crippen LogP contribution in [0.25, 0.3) is 10.8 Å². The van der Waals surface area contributed by atoms with Crippen molar-refractivity contribution in [2.24, 2.45) is 0 Å². The first-order chi connectivity index (χ1) is 18.8. The van der Waals surface area contributed by atoms with Gasteiger partial charge in [0.05, 0.1) is 10.6 Å². The summed E-state index contributed by atoms with van der Waals surface area (Å²) in [4.78, 5) is 28.3. The highest BCUT2D eigenvalue weighted by Gasteiger charge is 2.35. The molecule has 9 heteroatoms. The van der Waals surface area contributed by atoms with Gasteiger partial charge < -0.3 is 10.2 Å². The molecule has 3 aromatic rings. The molecule has 0 unspecified atom stereocenters. The second-order valence-corrected chi connectivity index (χ2v) is 12.3. The number of hydrogen-bond acceptors (Lipinski definition) is 4. The number of benzene rings is 3. The van der Waals surface area contributed by atoms with Crippen molar-refractivity contribution >= 4 is 38.3 Å². The summed E-state index contributed by atoms with van der Waals surface area (Å²) >= 11 is 0. The van der Waals surface area contributed by atoms with Gasteiger partial charge in [-0.25, -0.2) is 12.8 Å². The molecule has 0 bridgehead atoms. The van der Waals surface area contributed by atoms with Gasteiger partial charge in [0.15, 0.2) is 0 Å². The van der Waals surface area contributed by atoms with E-state index in [0.29, 0.717) is 16.6 Å². The molecule has 3 aromatic carbocycles. The van der Waals surface area contributed by atoms with Crippen LogP contribution in [-0.4, -0.2) is 43.8 Å². The van der Waals surface area contributed by atoms with Crippen LogP contribution in [0.2, 0.25) is 0 Å². The zero-order chi connectivity index (χ0) is 27.6. The first-order valence-electron chi connectivity index (χ1n) is 13.6. The highest BCUT2D eigenvalue weighted by atomic mass is 32.2. The van der Waals surface area contributed by atoms with Gasteiger partial charge in [0, 0.05) is 36.5 Å². The summed E-state index contributed by atoms with van der Waals surface area (Å²) in [6, 6.07) is 16.2. The van der Waals surface area contributed by atoms with Crippen molar-refractivity contribution in [2.45, 2.75) is 75.4 Å². The molecule has 7 nitrogen and oxygen atoms in total. The summed E-state index contributed by atoms with van der Waals surface area (Å²) in [6.07, 6.45) is 5.40. The van der Waals surface area contributed by atoms with E-state index in [2.05, 4.69) is 5.32 Å². The fourth-order valence-electron chi connectivity index (χ4n) is 5.68. The largest absolute Gasteiger partial charge is 0.352 e. The van der Waals surface area contributed by atoms with Crippen LogP contribution >= 0.6 is 0 Å². The smallest absolute Gasteiger partial charge is 0.265 e. The number of halogens is 1. The molecule has 0 aromatic heterocycles. The molecule has 1 aliphatic heterocycles. The van der Waals surface area contributed by atoms with Gasteiger partial charge in [-0.2, -0.15) is 0 Å². The highest BCUT2D eigenvalue weighted by Crippen LogP contribution is 2.42. The number of nitrogens with one attached hydrogen (secondary N) is 1. The van der Waals surface area contributed by atoms with Gasteiger partial charge >= 0.3 is 0 Å². The highest BCUT2D eigenvalue weighted by molar-refractivity contribution is 7.93. The topological polar surface area (TPSA) is 86.8 Å². The summed E-state index contributed by atoms with van der Waals surface area (Å²) in [6.45, 7) is 1.74. The number of amides is 2. The van der Waals surface area contributed by atoms with E-state index >= 15 is 0 Å². The fraction of sp³-hybridized carbons (Fsp3) is 0.400. The zero-order valence-corrected chi connectivity index (χ0v) is 22.9. The maximum atomic E-state index is 14.5. The van der Waals surface area contributed by atoms with E-state index in [1.807, 2.05) is 18.2 Å². The number of hydrogen-bond donors (Lipinski definition) is 1. The Morgan fingerprint density at radius 3 is 2.49 bits per heavy atom. The minimum Gasteiger partial charge on any atom is -0.352 e. The lowest BCUT2D eigenvalue weighted by Gasteiger charge is -2.31. The van der Waals surface area contributed by atoms with Crippen molar-refractivity contribution in [3.63, 3.8) is 0 Å². The molecule has 5 rings (SSSR count). The van der Waals surface area contributed by atoms with Crippen LogP contribution in [0.1, 0.15) is 57.4 Å². The molecule has 1 aliphatic carbocycles. The maximum Gasteiger partial charge on any atom is 0.265 e. The van der Waals surface area contributed by atoms with Crippen LogP contribution in [-0.2, 0) is 26.2 Å². The monoisotopic (exact) mass is 551 g/mol. The quantitative estimate of drug-likeness (QED) is 0.399. The Kier molecular flexibility index (Phi) is 7.88. The maximum absolute atomic E-state index is 14.5. The Hall–Kier alpha value is -3.46. The van der Waals surface area contributed by atoms with Crippen LogP contribution in [0.15, 0.2) is 65.6 Å². The van der Waals surface area contributed by atoms with Crippen molar-refractivity contribution in [3.8, 4) is 0 Å². The zero-order valence-electron chi connectivity index (χ0n) is 22.1. The molecule has 0 radical (unpaired) electrons. The van der Waals surface area contributed by atoms with E-state index in [4.69, 9.17) is 0 Å². The van der Waals surface area contributed by atoms with E-state index in [1.54, 1.807) is 43.3 Å². The van der Waals surface area contributed by atoms with Gasteiger partial charge in [0.25, 0.3) is 10.0 Å². The summed E-state index contributed by atoms with van der Waals surface area (Å²) in [7, 11) is -3.72. The molecule has 2 amide bonds. The summed E-state index contributed by atoms with van der Waals surface area (Å²) in [5.41, 5.74) is 0.936. The van der Waals surface area contributed by atoms with Gasteiger partial charge in [-0.1, -0.05) is 61.7 Å². The first-order valence-corrected chi connectivity index (χ1v) is 15.1. The number of carbonyl (C=O) groups excluding carboxylic acids is 2. The molecule has 39 heavy (non-hydrogen) atoms. The minimum atomic E-state index is -3.72. The van der Waals surface area contributed by atoms with Crippen LogP contribution in [0.5, 0.6) is 0 Å². The normalized spacial score (nSPS) is 17.2. The molecule has 0 spiro atoms. The van der Waals surface area contributed by atoms with Crippen LogP contribution in [0, 0.1) is 5.82 Å². The third kappa shape index (κ3) is 5.50. The number of sulfonamides is 1. The molecule has 1 saturated carbocycles. The summed E-state index contributed by atoms with van der Waals surface area (Å²) < 4.78 is 42.4. The van der Waals surface area contributed by atoms with Crippen molar-refractivity contribution < 1.29 is 22.4 Å². The van der Waals surface area contributed by atoms with E-state index < -0.39 is 21.9 Å². The molecule has 206 valence electrons. The Morgan fingerprint density at radius 1 is 1.03 bits per heavy atom. The Balaban J connectivity index is 1.30. The molecular weight excluding hydrogens is 517 g/mol. The van der Waals surface area contributed by atoms with Gasteiger partial charge in [-0.3, -0.25) is 13.9 Å². The van der Waals surface area contributed by atoms with E-state index in [9.17, 15) is 22.4 Å². The number of rotatable bonds is 9. The average molecular weight is 552 g/mol. The van der Waals surface area contributed by atoms with E-state index in [1.165, 1.54) is 15.3 Å². The van der Waals surface area contributed by atoms with Crippen LogP contribution < -0.4 is 9.62 Å². The lowest BCUT2D eigenvalue weighted by molar-refractivity contribution is -0.141. The Labute approximate surface area is 229 Å². The van der Waals surface area contributed by atoms with Gasteiger partial charge in [0.1, 0.15) is 11.9 Å². The van der Waals surface area contributed by atoms with Crippen molar-refractivity contribution in [1.29, 1.82) is 0 Å². The first kappa shape index (κ1) is 27.1. The SMILES string of the molecule is C[C@@H](C(=O)NC1CCCCC1)N(Cc1ccccc1F)C(=O)CCCN1c2cccc3cccc(c23)S1(=O)=O. The summed E-state index contributed by atoms with van der Waals surface area (Å²) in [5.74, 6) is -1.02. The minimum absolute atomic E-state index is 0.0217. The van der Waals surface area contributed by atoms with Gasteiger partial charge in [-0.15, -0.1) is 0 Å². The average Bonchev–Trinajstić information content (AvgIpc) is 3.16. The van der Waals surface area contributed by atoms with E-state index in [-0.39, 0.29) is 48.7 Å². The molecule has 1 atom stereocenters. The lowest BCUT2D eigenvalue weighted by atomic mass is 9.95. The predicted octanol–water partition coefficient (Wildman–Crippen LogP) is 5.13. The van der Waals surface area contributed by atoms with Crippen molar-refractivity contribution in [2.75, 3.05) is 10.8 Å². The molecule has 1 heterocycles. The molecule has 1 N–H and O–H groups in total. The molecule has 2 aliphatic rings. The Morgan fingerprint density at radius 2 is 1.74 bits per heavy atom.